The largest absolute Gasteiger partial charge is 0.522 e. The van der Waals surface area contributed by atoms with Crippen molar-refractivity contribution in [2.45, 2.75) is 12.9 Å². The fraction of sp³-hybridized carbons (Fsp3) is 0.231. The number of hydrogen-bond donors (Lipinski definition) is 1. The standard InChI is InChI=1S/C13H8F3N7O3/c14-13(15,16)26-6-5-23-12(25)22-7-18-9(10(22)20-21-23)11(24)19-8-3-1-2-4-17-8/h1-3,7H,5-6H2/p+1. The van der Waals surface area contributed by atoms with Gasteiger partial charge in [0.25, 0.3) is 0 Å². The Balaban J connectivity index is 1.82. The third kappa shape index (κ3) is 3.75. The summed E-state index contributed by atoms with van der Waals surface area (Å²) in [4.78, 5) is 28.2. The van der Waals surface area contributed by atoms with E-state index in [-0.39, 0.29) is 17.2 Å². The lowest BCUT2D eigenvalue weighted by Crippen LogP contribution is -2.34. The molecule has 0 aromatic carbocycles. The number of fused-ring (bicyclic) bond motifs is 1. The van der Waals surface area contributed by atoms with Gasteiger partial charge in [0, 0.05) is 12.2 Å². The van der Waals surface area contributed by atoms with Crippen LogP contribution in [0, 0.1) is 0 Å². The van der Waals surface area contributed by atoms with Crippen molar-refractivity contribution < 1.29 is 22.7 Å². The third-order valence-electron chi connectivity index (χ3n) is 3.05. The Bertz CT molecular complexity index is 1050. The average molecular weight is 368 g/mol. The van der Waals surface area contributed by atoms with E-state index in [4.69, 9.17) is 0 Å². The molecule has 13 heteroatoms. The summed E-state index contributed by atoms with van der Waals surface area (Å²) in [6.45, 7) is -1.30. The summed E-state index contributed by atoms with van der Waals surface area (Å²) in [5, 5.41) is 9.60. The van der Waals surface area contributed by atoms with E-state index in [1.807, 2.05) is 0 Å². The molecule has 0 saturated carbocycles. The molecule has 0 saturated heterocycles. The second kappa shape index (κ2) is 6.76. The number of amidine groups is 1. The molecule has 0 aliphatic carbocycles. The van der Waals surface area contributed by atoms with E-state index in [0.29, 0.717) is 4.68 Å². The number of aromatic nitrogens is 5. The molecule has 0 fully saturated rings. The minimum atomic E-state index is -4.82. The molecule has 0 radical (unpaired) electrons. The van der Waals surface area contributed by atoms with Gasteiger partial charge in [-0.05, 0) is 6.08 Å². The molecule has 1 aliphatic rings. The molecule has 0 unspecified atom stereocenters. The maximum absolute atomic E-state index is 12.2. The Morgan fingerprint density at radius 2 is 2.23 bits per heavy atom. The Hall–Kier alpha value is -3.53. The number of hydrogen-bond acceptors (Lipinski definition) is 6. The fourth-order valence-corrected chi connectivity index (χ4v) is 1.96. The van der Waals surface area contributed by atoms with Crippen LogP contribution in [0.1, 0.15) is 10.5 Å². The highest BCUT2D eigenvalue weighted by Crippen LogP contribution is 2.15. The van der Waals surface area contributed by atoms with Gasteiger partial charge in [-0.2, -0.15) is 14.7 Å². The summed E-state index contributed by atoms with van der Waals surface area (Å²) in [5.41, 5.74) is -1.17. The molecule has 0 bridgehead atoms. The number of ether oxygens (including phenoxy) is 1. The number of halogens is 3. The third-order valence-corrected chi connectivity index (χ3v) is 3.05. The summed E-state index contributed by atoms with van der Waals surface area (Å²) < 4.78 is 44.8. The first-order chi connectivity index (χ1) is 12.3. The molecule has 1 amide bonds. The van der Waals surface area contributed by atoms with Gasteiger partial charge in [-0.1, -0.05) is 5.21 Å². The highest BCUT2D eigenvalue weighted by Gasteiger charge is 2.29. The van der Waals surface area contributed by atoms with Crippen LogP contribution in [0.5, 0.6) is 0 Å². The molecular weight excluding hydrogens is 359 g/mol. The number of carbonyl (C=O) groups excluding carboxylic acids is 1. The second-order valence-electron chi connectivity index (χ2n) is 4.78. The first-order valence-corrected chi connectivity index (χ1v) is 7.01. The summed E-state index contributed by atoms with van der Waals surface area (Å²) in [5.74, 6) is 2.06. The predicted octanol–water partition coefficient (Wildman–Crippen LogP) is -1.19. The Morgan fingerprint density at radius 1 is 1.42 bits per heavy atom. The van der Waals surface area contributed by atoms with Crippen molar-refractivity contribution in [3.05, 3.63) is 40.7 Å². The number of alkyl halides is 3. The van der Waals surface area contributed by atoms with Crippen molar-refractivity contribution in [3.63, 3.8) is 0 Å². The number of nitrogens with zero attached hydrogens (tertiary/aromatic N) is 6. The molecular formula is C13H9F3N7O3+. The lowest BCUT2D eigenvalue weighted by Gasteiger charge is -2.07. The molecule has 3 heterocycles. The van der Waals surface area contributed by atoms with E-state index in [1.54, 1.807) is 6.08 Å². The summed E-state index contributed by atoms with van der Waals surface area (Å²) in [7, 11) is 0. The van der Waals surface area contributed by atoms with E-state index in [0.717, 1.165) is 10.7 Å². The number of nitrogens with one attached hydrogen (secondary N) is 1. The summed E-state index contributed by atoms with van der Waals surface area (Å²) in [6, 6.07) is 0. The molecule has 2 aromatic heterocycles. The zero-order valence-electron chi connectivity index (χ0n) is 12.8. The Labute approximate surface area is 141 Å². The Kier molecular flexibility index (Phi) is 4.50. The zero-order valence-corrected chi connectivity index (χ0v) is 12.8. The van der Waals surface area contributed by atoms with Crippen molar-refractivity contribution in [1.29, 1.82) is 0 Å². The van der Waals surface area contributed by atoms with E-state index in [1.165, 1.54) is 12.2 Å². The quantitative estimate of drug-likeness (QED) is 0.679. The SMILES string of the molecule is O=C(NC1=[N+]=C=CC=C1)c1ncn2c(=O)n(CCOC(F)(F)F)nnc12. The number of imidazole rings is 1. The van der Waals surface area contributed by atoms with Gasteiger partial charge in [-0.25, -0.2) is 19.0 Å². The maximum atomic E-state index is 12.2. The van der Waals surface area contributed by atoms with Crippen molar-refractivity contribution >= 4 is 23.3 Å². The fourth-order valence-electron chi connectivity index (χ4n) is 1.96. The topological polar surface area (TPSA) is 118 Å². The van der Waals surface area contributed by atoms with Crippen LogP contribution in [0.2, 0.25) is 0 Å². The van der Waals surface area contributed by atoms with Crippen LogP contribution in [0.25, 0.3) is 5.65 Å². The molecule has 10 nitrogen and oxygen atoms in total. The van der Waals surface area contributed by atoms with Crippen molar-refractivity contribution in [2.75, 3.05) is 6.61 Å². The van der Waals surface area contributed by atoms with Gasteiger partial charge < -0.3 is 0 Å². The highest BCUT2D eigenvalue weighted by atomic mass is 19.4. The van der Waals surface area contributed by atoms with Crippen LogP contribution < -0.4 is 15.7 Å². The van der Waals surface area contributed by atoms with Gasteiger partial charge in [-0.3, -0.25) is 4.74 Å². The van der Waals surface area contributed by atoms with Crippen molar-refractivity contribution in [1.82, 2.24) is 34.4 Å². The molecule has 134 valence electrons. The van der Waals surface area contributed by atoms with Crippen molar-refractivity contribution in [2.24, 2.45) is 0 Å². The summed E-state index contributed by atoms with van der Waals surface area (Å²) >= 11 is 0. The van der Waals surface area contributed by atoms with Crippen LogP contribution in [0.4, 0.5) is 13.2 Å². The maximum Gasteiger partial charge on any atom is 0.522 e. The molecule has 0 spiro atoms. The highest BCUT2D eigenvalue weighted by molar-refractivity contribution is 6.12. The van der Waals surface area contributed by atoms with Crippen LogP contribution in [0.15, 0.2) is 29.3 Å². The van der Waals surface area contributed by atoms with Gasteiger partial charge in [-0.15, -0.1) is 18.3 Å². The van der Waals surface area contributed by atoms with E-state index >= 15 is 0 Å². The number of rotatable bonds is 4. The monoisotopic (exact) mass is 368 g/mol. The van der Waals surface area contributed by atoms with E-state index in [2.05, 4.69) is 35.9 Å². The summed E-state index contributed by atoms with van der Waals surface area (Å²) in [6.07, 6.45) is 0.872. The Morgan fingerprint density at radius 3 is 2.92 bits per heavy atom. The van der Waals surface area contributed by atoms with Crippen LogP contribution in [0.3, 0.4) is 0 Å². The first-order valence-electron chi connectivity index (χ1n) is 7.01. The molecule has 26 heavy (non-hydrogen) atoms. The van der Waals surface area contributed by atoms with Gasteiger partial charge >= 0.3 is 23.8 Å². The lowest BCUT2D eigenvalue weighted by molar-refractivity contribution is -0.325. The lowest BCUT2D eigenvalue weighted by atomic mass is 10.3. The van der Waals surface area contributed by atoms with Gasteiger partial charge in [0.05, 0.1) is 13.2 Å². The number of allylic oxidation sites excluding steroid dienone is 2. The van der Waals surface area contributed by atoms with Gasteiger partial charge in [0.2, 0.25) is 5.65 Å². The minimum Gasteiger partial charge on any atom is -0.290 e. The minimum absolute atomic E-state index is 0.152. The van der Waals surface area contributed by atoms with Gasteiger partial charge in [0.1, 0.15) is 6.33 Å². The van der Waals surface area contributed by atoms with Crippen LogP contribution in [-0.2, 0) is 11.3 Å². The zero-order chi connectivity index (χ0) is 18.7. The van der Waals surface area contributed by atoms with Crippen LogP contribution in [-0.4, -0.2) is 55.0 Å². The average Bonchev–Trinajstić information content (AvgIpc) is 3.02. The first kappa shape index (κ1) is 17.3. The van der Waals surface area contributed by atoms with E-state index < -0.39 is 31.1 Å². The van der Waals surface area contributed by atoms with Gasteiger partial charge in [0.15, 0.2) is 11.6 Å². The van der Waals surface area contributed by atoms with E-state index in [9.17, 15) is 22.8 Å². The number of amides is 1. The predicted molar refractivity (Wildman–Crippen MR) is 80.4 cm³/mol. The number of carbonyl (C=O) groups is 1. The molecule has 1 N–H and O–H groups in total. The smallest absolute Gasteiger partial charge is 0.290 e. The molecule has 0 atom stereocenters. The second-order valence-corrected chi connectivity index (χ2v) is 4.78. The van der Waals surface area contributed by atoms with Crippen LogP contribution >= 0.6 is 0 Å². The molecule has 2 aromatic rings. The molecule has 1 aliphatic heterocycles. The normalized spacial score (nSPS) is 13.3. The van der Waals surface area contributed by atoms with Crippen molar-refractivity contribution in [3.8, 4) is 0 Å². The molecule has 3 rings (SSSR count).